The van der Waals surface area contributed by atoms with Crippen LogP contribution in [0.5, 0.6) is 0 Å². The Morgan fingerprint density at radius 2 is 2.00 bits per heavy atom. The molecular weight excluding hydrogens is 208 g/mol. The highest BCUT2D eigenvalue weighted by molar-refractivity contribution is 5.47. The molecule has 1 radical (unpaired) electrons. The van der Waals surface area contributed by atoms with Gasteiger partial charge in [0.05, 0.1) is 0 Å². The first-order valence-electron chi connectivity index (χ1n) is 6.64. The first-order chi connectivity index (χ1) is 8.19. The number of rotatable bonds is 3. The fourth-order valence-electron chi connectivity index (χ4n) is 2.83. The topological polar surface area (TPSA) is 29.3 Å². The van der Waals surface area contributed by atoms with Crippen molar-refractivity contribution < 1.29 is 0 Å². The fourth-order valence-corrected chi connectivity index (χ4v) is 2.83. The second-order valence-corrected chi connectivity index (χ2v) is 5.46. The van der Waals surface area contributed by atoms with Crippen LogP contribution >= 0.6 is 0 Å². The van der Waals surface area contributed by atoms with Gasteiger partial charge >= 0.3 is 0 Å². The maximum absolute atomic E-state index is 5.55. The number of hydrogen-bond acceptors (Lipinski definition) is 2. The Hall–Kier alpha value is -1.02. The minimum Gasteiger partial charge on any atom is -0.371 e. The first-order valence-corrected chi connectivity index (χ1v) is 6.64. The third-order valence-corrected chi connectivity index (χ3v) is 3.51. The van der Waals surface area contributed by atoms with Crippen molar-refractivity contribution in [3.8, 4) is 0 Å². The largest absolute Gasteiger partial charge is 0.371 e. The van der Waals surface area contributed by atoms with E-state index in [4.69, 9.17) is 5.73 Å². The highest BCUT2D eigenvalue weighted by Gasteiger charge is 2.21. The van der Waals surface area contributed by atoms with Crippen LogP contribution in [0.15, 0.2) is 18.2 Å². The number of piperidine rings is 1. The third kappa shape index (κ3) is 3.22. The maximum Gasteiger partial charge on any atom is 0.0372 e. The Labute approximate surface area is 105 Å². The lowest BCUT2D eigenvalue weighted by Crippen LogP contribution is -2.38. The Bertz CT molecular complexity index is 334. The molecule has 1 aromatic rings. The van der Waals surface area contributed by atoms with Crippen molar-refractivity contribution in [1.82, 2.24) is 0 Å². The van der Waals surface area contributed by atoms with Crippen molar-refractivity contribution in [3.05, 3.63) is 29.8 Å². The molecule has 0 spiro atoms. The van der Waals surface area contributed by atoms with Gasteiger partial charge in [0, 0.05) is 18.8 Å². The minimum absolute atomic E-state index is 0.702. The van der Waals surface area contributed by atoms with Gasteiger partial charge in [-0.05, 0) is 55.0 Å². The van der Waals surface area contributed by atoms with Gasteiger partial charge in [0.2, 0.25) is 0 Å². The van der Waals surface area contributed by atoms with Gasteiger partial charge in [-0.25, -0.2) is 0 Å². The lowest BCUT2D eigenvalue weighted by Gasteiger charge is -2.36. The molecule has 2 heteroatoms. The van der Waals surface area contributed by atoms with Crippen LogP contribution in [0.4, 0.5) is 5.69 Å². The van der Waals surface area contributed by atoms with Crippen molar-refractivity contribution in [2.45, 2.75) is 26.7 Å². The average Bonchev–Trinajstić information content (AvgIpc) is 2.29. The van der Waals surface area contributed by atoms with E-state index in [0.29, 0.717) is 6.54 Å². The summed E-state index contributed by atoms with van der Waals surface area (Å²) < 4.78 is 0. The summed E-state index contributed by atoms with van der Waals surface area (Å²) in [6, 6.07) is 9.84. The molecule has 1 fully saturated rings. The van der Waals surface area contributed by atoms with Crippen molar-refractivity contribution in [2.24, 2.45) is 17.6 Å². The summed E-state index contributed by atoms with van der Waals surface area (Å²) in [6.07, 6.45) is 2.28. The molecule has 0 aliphatic carbocycles. The summed E-state index contributed by atoms with van der Waals surface area (Å²) in [5.74, 6) is 1.59. The van der Waals surface area contributed by atoms with E-state index >= 15 is 0 Å². The van der Waals surface area contributed by atoms with Crippen LogP contribution < -0.4 is 10.6 Å². The van der Waals surface area contributed by atoms with Gasteiger partial charge in [0.15, 0.2) is 0 Å². The van der Waals surface area contributed by atoms with E-state index < -0.39 is 0 Å². The molecule has 0 bridgehead atoms. The first kappa shape index (κ1) is 12.4. The minimum atomic E-state index is 0.702. The van der Waals surface area contributed by atoms with Crippen LogP contribution in [-0.4, -0.2) is 19.6 Å². The van der Waals surface area contributed by atoms with Crippen molar-refractivity contribution in [1.29, 1.82) is 0 Å². The van der Waals surface area contributed by atoms with Crippen LogP contribution in [0, 0.1) is 17.9 Å². The summed E-state index contributed by atoms with van der Waals surface area (Å²) in [6.45, 7) is 7.74. The number of benzene rings is 1. The molecule has 1 aliphatic rings. The molecule has 2 N–H and O–H groups in total. The molecule has 1 saturated heterocycles. The van der Waals surface area contributed by atoms with Crippen LogP contribution in [0.1, 0.15) is 25.8 Å². The number of hydrogen-bond donors (Lipinski definition) is 1. The normalized spacial score (nSPS) is 25.0. The second-order valence-electron chi connectivity index (χ2n) is 5.46. The monoisotopic (exact) mass is 231 g/mol. The van der Waals surface area contributed by atoms with Gasteiger partial charge < -0.3 is 10.6 Å². The lowest BCUT2D eigenvalue weighted by molar-refractivity contribution is 0.357. The Kier molecular flexibility index (Phi) is 4.06. The zero-order valence-corrected chi connectivity index (χ0v) is 10.9. The van der Waals surface area contributed by atoms with E-state index in [0.717, 1.165) is 18.3 Å². The lowest BCUT2D eigenvalue weighted by atomic mass is 9.91. The number of anilines is 1. The van der Waals surface area contributed by atoms with Crippen LogP contribution in [-0.2, 0) is 6.42 Å². The average molecular weight is 231 g/mol. The molecule has 2 rings (SSSR count). The molecule has 2 atom stereocenters. The van der Waals surface area contributed by atoms with Crippen LogP contribution in [0.3, 0.4) is 0 Å². The van der Waals surface area contributed by atoms with Crippen LogP contribution in [0.2, 0.25) is 0 Å². The zero-order valence-electron chi connectivity index (χ0n) is 10.9. The van der Waals surface area contributed by atoms with E-state index in [1.165, 1.54) is 30.8 Å². The van der Waals surface area contributed by atoms with Crippen molar-refractivity contribution >= 4 is 5.69 Å². The molecule has 93 valence electrons. The summed E-state index contributed by atoms with van der Waals surface area (Å²) in [4.78, 5) is 2.49. The molecule has 1 heterocycles. The molecule has 1 aliphatic heterocycles. The summed E-state index contributed by atoms with van der Waals surface area (Å²) in [7, 11) is 0. The van der Waals surface area contributed by atoms with Crippen molar-refractivity contribution in [2.75, 3.05) is 24.5 Å². The van der Waals surface area contributed by atoms with E-state index in [1.54, 1.807) is 0 Å². The van der Waals surface area contributed by atoms with Gasteiger partial charge in [-0.1, -0.05) is 19.9 Å². The SMILES string of the molecule is CC1CC(C)CN(c2c[c]c(CCN)cc2)C1. The maximum atomic E-state index is 5.55. The van der Waals surface area contributed by atoms with Gasteiger partial charge in [0.25, 0.3) is 0 Å². The number of nitrogens with two attached hydrogens (primary N) is 1. The van der Waals surface area contributed by atoms with Crippen LogP contribution in [0.25, 0.3) is 0 Å². The highest BCUT2D eigenvalue weighted by Crippen LogP contribution is 2.26. The molecule has 0 aromatic heterocycles. The molecule has 0 amide bonds. The predicted molar refractivity (Wildman–Crippen MR) is 73.2 cm³/mol. The van der Waals surface area contributed by atoms with E-state index in [9.17, 15) is 0 Å². The Morgan fingerprint density at radius 1 is 1.29 bits per heavy atom. The Balaban J connectivity index is 2.06. The molecule has 1 aromatic carbocycles. The molecule has 0 saturated carbocycles. The smallest absolute Gasteiger partial charge is 0.0372 e. The fraction of sp³-hybridized carbons (Fsp3) is 0.600. The van der Waals surface area contributed by atoms with E-state index in [-0.39, 0.29) is 0 Å². The quantitative estimate of drug-likeness (QED) is 0.866. The summed E-state index contributed by atoms with van der Waals surface area (Å²) in [5, 5.41) is 0. The number of nitrogens with zero attached hydrogens (tertiary/aromatic N) is 1. The third-order valence-electron chi connectivity index (χ3n) is 3.51. The predicted octanol–water partition coefficient (Wildman–Crippen LogP) is 2.47. The molecular formula is C15H23N2. The molecule has 2 unspecified atom stereocenters. The molecule has 17 heavy (non-hydrogen) atoms. The Morgan fingerprint density at radius 3 is 2.53 bits per heavy atom. The zero-order chi connectivity index (χ0) is 12.3. The second kappa shape index (κ2) is 5.54. The van der Waals surface area contributed by atoms with E-state index in [2.05, 4.69) is 43.0 Å². The van der Waals surface area contributed by atoms with Gasteiger partial charge in [-0.15, -0.1) is 0 Å². The molecule has 2 nitrogen and oxygen atoms in total. The van der Waals surface area contributed by atoms with Gasteiger partial charge in [-0.2, -0.15) is 0 Å². The van der Waals surface area contributed by atoms with Gasteiger partial charge in [0.1, 0.15) is 0 Å². The van der Waals surface area contributed by atoms with E-state index in [1.807, 2.05) is 0 Å². The standard InChI is InChI=1S/C15H23N2/c1-12-9-13(2)11-17(10-12)15-5-3-14(4-6-15)7-8-16/h3,5-6,12-13H,7-11,16H2,1-2H3. The summed E-state index contributed by atoms with van der Waals surface area (Å²) >= 11 is 0. The van der Waals surface area contributed by atoms with Gasteiger partial charge in [-0.3, -0.25) is 0 Å². The highest BCUT2D eigenvalue weighted by atomic mass is 15.1. The summed E-state index contributed by atoms with van der Waals surface area (Å²) in [5.41, 5.74) is 8.07. The van der Waals surface area contributed by atoms with Crippen molar-refractivity contribution in [3.63, 3.8) is 0 Å².